The quantitative estimate of drug-likeness (QED) is 0.586. The van der Waals surface area contributed by atoms with Crippen LogP contribution in [0.3, 0.4) is 0 Å². The number of carbonyl (C=O) groups excluding carboxylic acids is 1. The molecular weight excluding hydrogens is 330 g/mol. The Morgan fingerprint density at radius 1 is 1.14 bits per heavy atom. The lowest BCUT2D eigenvalue weighted by Crippen LogP contribution is -2.02. The second-order valence-corrected chi connectivity index (χ2v) is 5.43. The first-order valence-electron chi connectivity index (χ1n) is 6.35. The van der Waals surface area contributed by atoms with Crippen LogP contribution in [-0.4, -0.2) is 15.6 Å². The van der Waals surface area contributed by atoms with Crippen molar-refractivity contribution in [3.05, 3.63) is 76.5 Å². The van der Waals surface area contributed by atoms with E-state index in [0.717, 1.165) is 5.69 Å². The topological polar surface area (TPSA) is 60.9 Å². The third-order valence-electron chi connectivity index (χ3n) is 3.10. The molecule has 0 saturated carbocycles. The van der Waals surface area contributed by atoms with E-state index < -0.39 is 0 Å². The molecule has 3 aromatic rings. The molecule has 1 aromatic heterocycles. The van der Waals surface area contributed by atoms with Crippen molar-refractivity contribution in [2.45, 2.75) is 0 Å². The van der Waals surface area contributed by atoms with Crippen molar-refractivity contribution in [3.63, 3.8) is 0 Å². The smallest absolute Gasteiger partial charge is 0.197 e. The highest BCUT2D eigenvalue weighted by atomic mass is 79.9. The number of hydrogen-bond acceptors (Lipinski definition) is 3. The molecule has 0 amide bonds. The Kier molecular flexibility index (Phi) is 3.58. The molecule has 0 aliphatic carbocycles. The van der Waals surface area contributed by atoms with E-state index in [1.54, 1.807) is 35.3 Å². The van der Waals surface area contributed by atoms with Crippen molar-refractivity contribution < 1.29 is 4.79 Å². The standard InChI is InChI=1S/C16H12BrN3O/c17-15-7-6-12(18)8-14(15)16(21)11-9-19-20(10-11)13-4-2-1-3-5-13/h1-10H,18H2. The molecule has 0 saturated heterocycles. The minimum atomic E-state index is -0.114. The minimum Gasteiger partial charge on any atom is -0.399 e. The molecule has 2 aromatic carbocycles. The van der Waals surface area contributed by atoms with Gasteiger partial charge in [-0.05, 0) is 30.3 Å². The van der Waals surface area contributed by atoms with Crippen LogP contribution in [0.15, 0.2) is 65.4 Å². The monoisotopic (exact) mass is 341 g/mol. The molecule has 5 heteroatoms. The zero-order valence-corrected chi connectivity index (χ0v) is 12.6. The van der Waals surface area contributed by atoms with Gasteiger partial charge < -0.3 is 5.73 Å². The van der Waals surface area contributed by atoms with Gasteiger partial charge in [0.2, 0.25) is 0 Å². The predicted octanol–water partition coefficient (Wildman–Crippen LogP) is 3.45. The van der Waals surface area contributed by atoms with E-state index in [1.807, 2.05) is 30.3 Å². The Bertz CT molecular complexity index is 796. The molecule has 0 aliphatic heterocycles. The fourth-order valence-corrected chi connectivity index (χ4v) is 2.46. The van der Waals surface area contributed by atoms with E-state index in [0.29, 0.717) is 21.3 Å². The normalized spacial score (nSPS) is 10.5. The number of nitrogens with two attached hydrogens (primary N) is 1. The number of halogens is 1. The Morgan fingerprint density at radius 2 is 1.90 bits per heavy atom. The van der Waals surface area contributed by atoms with Gasteiger partial charge in [0.05, 0.1) is 17.4 Å². The number of hydrogen-bond donors (Lipinski definition) is 1. The average molecular weight is 342 g/mol. The summed E-state index contributed by atoms with van der Waals surface area (Å²) in [5, 5.41) is 4.23. The first kappa shape index (κ1) is 13.6. The highest BCUT2D eigenvalue weighted by molar-refractivity contribution is 9.10. The van der Waals surface area contributed by atoms with Crippen molar-refractivity contribution in [3.8, 4) is 5.69 Å². The Hall–Kier alpha value is -2.40. The number of para-hydroxylation sites is 1. The van der Waals surface area contributed by atoms with E-state index >= 15 is 0 Å². The van der Waals surface area contributed by atoms with Gasteiger partial charge in [0.15, 0.2) is 5.78 Å². The van der Waals surface area contributed by atoms with Gasteiger partial charge in [-0.15, -0.1) is 0 Å². The zero-order valence-electron chi connectivity index (χ0n) is 11.0. The minimum absolute atomic E-state index is 0.114. The number of rotatable bonds is 3. The molecule has 21 heavy (non-hydrogen) atoms. The summed E-state index contributed by atoms with van der Waals surface area (Å²) in [6.45, 7) is 0. The molecule has 0 radical (unpaired) electrons. The number of aromatic nitrogens is 2. The van der Waals surface area contributed by atoms with E-state index in [2.05, 4.69) is 21.0 Å². The van der Waals surface area contributed by atoms with Gasteiger partial charge in [0.1, 0.15) is 0 Å². The SMILES string of the molecule is Nc1ccc(Br)c(C(=O)c2cnn(-c3ccccc3)c2)c1. The molecule has 0 fully saturated rings. The van der Waals surface area contributed by atoms with Crippen molar-refractivity contribution in [2.24, 2.45) is 0 Å². The maximum absolute atomic E-state index is 12.5. The van der Waals surface area contributed by atoms with Gasteiger partial charge in [-0.1, -0.05) is 34.1 Å². The molecule has 0 spiro atoms. The number of ketones is 1. The van der Waals surface area contributed by atoms with Crippen LogP contribution in [0.2, 0.25) is 0 Å². The van der Waals surface area contributed by atoms with Gasteiger partial charge in [0.25, 0.3) is 0 Å². The van der Waals surface area contributed by atoms with E-state index in [-0.39, 0.29) is 5.78 Å². The summed E-state index contributed by atoms with van der Waals surface area (Å²) >= 11 is 3.38. The highest BCUT2D eigenvalue weighted by Gasteiger charge is 2.15. The first-order chi connectivity index (χ1) is 10.1. The summed E-state index contributed by atoms with van der Waals surface area (Å²) in [6, 6.07) is 14.8. The highest BCUT2D eigenvalue weighted by Crippen LogP contribution is 2.22. The number of benzene rings is 2. The Labute approximate surface area is 130 Å². The summed E-state index contributed by atoms with van der Waals surface area (Å²) < 4.78 is 2.39. The predicted molar refractivity (Wildman–Crippen MR) is 85.6 cm³/mol. The fourth-order valence-electron chi connectivity index (χ4n) is 2.03. The summed E-state index contributed by atoms with van der Waals surface area (Å²) in [5.41, 5.74) is 8.25. The molecule has 104 valence electrons. The molecular formula is C16H12BrN3O. The Morgan fingerprint density at radius 3 is 2.67 bits per heavy atom. The fraction of sp³-hybridized carbons (Fsp3) is 0. The second-order valence-electron chi connectivity index (χ2n) is 4.58. The summed E-state index contributed by atoms with van der Waals surface area (Å²) in [5.74, 6) is -0.114. The molecule has 2 N–H and O–H groups in total. The van der Waals surface area contributed by atoms with Crippen LogP contribution in [0.25, 0.3) is 5.69 Å². The summed E-state index contributed by atoms with van der Waals surface area (Å²) in [6.07, 6.45) is 3.28. The molecule has 1 heterocycles. The van der Waals surface area contributed by atoms with Gasteiger partial charge in [-0.3, -0.25) is 4.79 Å². The number of nitrogen functional groups attached to an aromatic ring is 1. The molecule has 0 aliphatic rings. The molecule has 0 atom stereocenters. The van der Waals surface area contributed by atoms with Gasteiger partial charge in [0, 0.05) is 21.9 Å². The van der Waals surface area contributed by atoms with Crippen molar-refractivity contribution >= 4 is 27.4 Å². The maximum Gasteiger partial charge on any atom is 0.197 e. The number of carbonyl (C=O) groups is 1. The van der Waals surface area contributed by atoms with Crippen LogP contribution in [-0.2, 0) is 0 Å². The van der Waals surface area contributed by atoms with Gasteiger partial charge >= 0.3 is 0 Å². The van der Waals surface area contributed by atoms with Crippen LogP contribution in [0, 0.1) is 0 Å². The molecule has 0 bridgehead atoms. The maximum atomic E-state index is 12.5. The third-order valence-corrected chi connectivity index (χ3v) is 3.79. The van der Waals surface area contributed by atoms with Crippen LogP contribution >= 0.6 is 15.9 Å². The lowest BCUT2D eigenvalue weighted by atomic mass is 10.1. The van der Waals surface area contributed by atoms with Gasteiger partial charge in [-0.25, -0.2) is 4.68 Å². The number of anilines is 1. The van der Waals surface area contributed by atoms with Crippen LogP contribution in [0.5, 0.6) is 0 Å². The van der Waals surface area contributed by atoms with Crippen molar-refractivity contribution in [2.75, 3.05) is 5.73 Å². The molecule has 0 unspecified atom stereocenters. The van der Waals surface area contributed by atoms with Crippen LogP contribution in [0.1, 0.15) is 15.9 Å². The zero-order chi connectivity index (χ0) is 14.8. The van der Waals surface area contributed by atoms with Crippen LogP contribution < -0.4 is 5.73 Å². The molecule has 3 rings (SSSR count). The van der Waals surface area contributed by atoms with E-state index in [9.17, 15) is 4.79 Å². The summed E-state index contributed by atoms with van der Waals surface area (Å²) in [4.78, 5) is 12.5. The van der Waals surface area contributed by atoms with E-state index in [1.165, 1.54) is 0 Å². The lowest BCUT2D eigenvalue weighted by Gasteiger charge is -2.03. The first-order valence-corrected chi connectivity index (χ1v) is 7.14. The molecule has 4 nitrogen and oxygen atoms in total. The third kappa shape index (κ3) is 2.73. The Balaban J connectivity index is 1.96. The largest absolute Gasteiger partial charge is 0.399 e. The summed E-state index contributed by atoms with van der Waals surface area (Å²) in [7, 11) is 0. The van der Waals surface area contributed by atoms with Crippen LogP contribution in [0.4, 0.5) is 5.69 Å². The van der Waals surface area contributed by atoms with E-state index in [4.69, 9.17) is 5.73 Å². The average Bonchev–Trinajstić information content (AvgIpc) is 3.00. The second kappa shape index (κ2) is 5.54. The van der Waals surface area contributed by atoms with Crippen molar-refractivity contribution in [1.82, 2.24) is 9.78 Å². The lowest BCUT2D eigenvalue weighted by molar-refractivity contribution is 0.103. The van der Waals surface area contributed by atoms with Crippen molar-refractivity contribution in [1.29, 1.82) is 0 Å². The number of nitrogens with zero attached hydrogens (tertiary/aromatic N) is 2. The van der Waals surface area contributed by atoms with Gasteiger partial charge in [-0.2, -0.15) is 5.10 Å².